The van der Waals surface area contributed by atoms with Crippen molar-refractivity contribution in [3.63, 3.8) is 0 Å². The van der Waals surface area contributed by atoms with Crippen molar-refractivity contribution in [2.24, 2.45) is 5.73 Å². The molecule has 16 heavy (non-hydrogen) atoms. The van der Waals surface area contributed by atoms with Crippen molar-refractivity contribution >= 4 is 21.6 Å². The van der Waals surface area contributed by atoms with Crippen LogP contribution in [0.25, 0.3) is 0 Å². The van der Waals surface area contributed by atoms with Crippen molar-refractivity contribution in [1.82, 2.24) is 4.72 Å². The molecular weight excluding hydrogens is 248 g/mol. The molecular formula is C10H15ClN2O2S. The number of rotatable bonds is 4. The van der Waals surface area contributed by atoms with E-state index in [0.717, 1.165) is 0 Å². The van der Waals surface area contributed by atoms with Crippen LogP contribution >= 0.6 is 11.6 Å². The minimum atomic E-state index is -3.59. The van der Waals surface area contributed by atoms with E-state index in [1.54, 1.807) is 26.0 Å². The molecule has 0 bridgehead atoms. The Hall–Kier alpha value is -0.620. The molecule has 1 aromatic rings. The van der Waals surface area contributed by atoms with Gasteiger partial charge < -0.3 is 5.73 Å². The molecule has 0 atom stereocenters. The van der Waals surface area contributed by atoms with Gasteiger partial charge in [-0.05, 0) is 26.0 Å². The van der Waals surface area contributed by atoms with Crippen molar-refractivity contribution in [1.29, 1.82) is 0 Å². The Bertz CT molecular complexity index is 466. The van der Waals surface area contributed by atoms with Crippen LogP contribution in [0.2, 0.25) is 5.02 Å². The molecule has 0 aromatic heterocycles. The third-order valence-electron chi connectivity index (χ3n) is 1.84. The second-order valence-electron chi connectivity index (χ2n) is 4.24. The largest absolute Gasteiger partial charge is 0.324 e. The van der Waals surface area contributed by atoms with E-state index in [-0.39, 0.29) is 16.5 Å². The highest BCUT2D eigenvalue weighted by atomic mass is 35.5. The lowest BCUT2D eigenvalue weighted by Gasteiger charge is -2.19. The molecule has 0 aliphatic rings. The molecule has 0 aliphatic carbocycles. The summed E-state index contributed by atoms with van der Waals surface area (Å²) in [4.78, 5) is 0.0703. The molecule has 0 saturated heterocycles. The van der Waals surface area contributed by atoms with Crippen molar-refractivity contribution in [2.45, 2.75) is 24.3 Å². The number of sulfonamides is 1. The molecule has 6 heteroatoms. The zero-order valence-corrected chi connectivity index (χ0v) is 10.8. The Balaban J connectivity index is 2.92. The van der Waals surface area contributed by atoms with Gasteiger partial charge in [-0.1, -0.05) is 23.7 Å². The highest BCUT2D eigenvalue weighted by molar-refractivity contribution is 7.89. The number of hydrogen-bond acceptors (Lipinski definition) is 3. The summed E-state index contributed by atoms with van der Waals surface area (Å²) in [6.07, 6.45) is 0. The summed E-state index contributed by atoms with van der Waals surface area (Å²) in [7, 11) is -3.59. The topological polar surface area (TPSA) is 72.2 Å². The normalized spacial score (nSPS) is 12.8. The zero-order valence-electron chi connectivity index (χ0n) is 9.20. The fourth-order valence-electron chi connectivity index (χ4n) is 1.02. The second-order valence-corrected chi connectivity index (χ2v) is 6.39. The molecule has 0 fully saturated rings. The van der Waals surface area contributed by atoms with E-state index < -0.39 is 15.6 Å². The van der Waals surface area contributed by atoms with Gasteiger partial charge in [0.05, 0.1) is 5.02 Å². The van der Waals surface area contributed by atoms with E-state index in [1.165, 1.54) is 12.1 Å². The first-order valence-corrected chi connectivity index (χ1v) is 6.61. The van der Waals surface area contributed by atoms with Gasteiger partial charge in [0.15, 0.2) is 0 Å². The monoisotopic (exact) mass is 262 g/mol. The molecule has 0 unspecified atom stereocenters. The molecule has 3 N–H and O–H groups in total. The molecule has 0 aliphatic heterocycles. The summed E-state index contributed by atoms with van der Waals surface area (Å²) in [6.45, 7) is 3.63. The van der Waals surface area contributed by atoms with Crippen LogP contribution in [0.1, 0.15) is 13.8 Å². The fraction of sp³-hybridized carbons (Fsp3) is 0.400. The van der Waals surface area contributed by atoms with Crippen molar-refractivity contribution in [3.8, 4) is 0 Å². The van der Waals surface area contributed by atoms with Crippen LogP contribution in [-0.4, -0.2) is 20.5 Å². The summed E-state index contributed by atoms with van der Waals surface area (Å²) in [5.74, 6) is 0. The van der Waals surface area contributed by atoms with Crippen LogP contribution in [0, 0.1) is 0 Å². The smallest absolute Gasteiger partial charge is 0.242 e. The average Bonchev–Trinajstić information content (AvgIpc) is 2.14. The number of hydrogen-bond donors (Lipinski definition) is 2. The number of nitrogens with one attached hydrogen (secondary N) is 1. The highest BCUT2D eigenvalue weighted by Crippen LogP contribution is 2.20. The summed E-state index contributed by atoms with van der Waals surface area (Å²) in [5.41, 5.74) is 5.10. The van der Waals surface area contributed by atoms with Crippen LogP contribution in [0.3, 0.4) is 0 Å². The van der Waals surface area contributed by atoms with Crippen LogP contribution < -0.4 is 10.5 Å². The zero-order chi connectivity index (χ0) is 12.4. The maximum Gasteiger partial charge on any atom is 0.242 e. The summed E-state index contributed by atoms with van der Waals surface area (Å²) in [6, 6.07) is 6.28. The predicted molar refractivity (Wildman–Crippen MR) is 64.9 cm³/mol. The minimum Gasteiger partial charge on any atom is -0.324 e. The van der Waals surface area contributed by atoms with E-state index in [0.29, 0.717) is 0 Å². The SMILES string of the molecule is CC(C)(N)CNS(=O)(=O)c1ccccc1Cl. The molecule has 0 radical (unpaired) electrons. The predicted octanol–water partition coefficient (Wildman–Crippen LogP) is 1.36. The lowest BCUT2D eigenvalue weighted by Crippen LogP contribution is -2.45. The van der Waals surface area contributed by atoms with Crippen LogP contribution in [0.4, 0.5) is 0 Å². The first kappa shape index (κ1) is 13.4. The molecule has 90 valence electrons. The number of nitrogens with two attached hydrogens (primary N) is 1. The molecule has 1 rings (SSSR count). The Labute approximate surface area is 101 Å². The van der Waals surface area contributed by atoms with Gasteiger partial charge in [-0.15, -0.1) is 0 Å². The van der Waals surface area contributed by atoms with Gasteiger partial charge in [0, 0.05) is 12.1 Å². The third kappa shape index (κ3) is 3.75. The first-order chi connectivity index (χ1) is 7.22. The first-order valence-electron chi connectivity index (χ1n) is 4.75. The number of benzene rings is 1. The van der Waals surface area contributed by atoms with Crippen LogP contribution in [-0.2, 0) is 10.0 Å². The lowest BCUT2D eigenvalue weighted by atomic mass is 10.1. The van der Waals surface area contributed by atoms with Gasteiger partial charge in [-0.3, -0.25) is 0 Å². The maximum absolute atomic E-state index is 11.8. The Morgan fingerprint density at radius 2 is 1.94 bits per heavy atom. The Kier molecular flexibility index (Phi) is 3.96. The summed E-state index contributed by atoms with van der Waals surface area (Å²) >= 11 is 5.81. The second kappa shape index (κ2) is 4.71. The van der Waals surface area contributed by atoms with Crippen molar-refractivity contribution in [2.75, 3.05) is 6.54 Å². The van der Waals surface area contributed by atoms with E-state index in [1.807, 2.05) is 0 Å². The van der Waals surface area contributed by atoms with E-state index in [4.69, 9.17) is 17.3 Å². The van der Waals surface area contributed by atoms with E-state index in [2.05, 4.69) is 4.72 Å². The van der Waals surface area contributed by atoms with Crippen molar-refractivity contribution < 1.29 is 8.42 Å². The molecule has 0 saturated carbocycles. The number of halogens is 1. The van der Waals surface area contributed by atoms with Gasteiger partial charge in [-0.25, -0.2) is 13.1 Å². The third-order valence-corrected chi connectivity index (χ3v) is 3.75. The van der Waals surface area contributed by atoms with Gasteiger partial charge in [0.2, 0.25) is 10.0 Å². The average molecular weight is 263 g/mol. The fourth-order valence-corrected chi connectivity index (χ4v) is 2.76. The Morgan fingerprint density at radius 3 is 2.44 bits per heavy atom. The maximum atomic E-state index is 11.8. The molecule has 1 aromatic carbocycles. The van der Waals surface area contributed by atoms with E-state index >= 15 is 0 Å². The minimum absolute atomic E-state index is 0.0703. The molecule has 0 spiro atoms. The Morgan fingerprint density at radius 1 is 1.38 bits per heavy atom. The molecule has 4 nitrogen and oxygen atoms in total. The van der Waals surface area contributed by atoms with E-state index in [9.17, 15) is 8.42 Å². The van der Waals surface area contributed by atoms with Gasteiger partial charge in [0.25, 0.3) is 0 Å². The van der Waals surface area contributed by atoms with Gasteiger partial charge in [0.1, 0.15) is 4.90 Å². The quantitative estimate of drug-likeness (QED) is 0.861. The highest BCUT2D eigenvalue weighted by Gasteiger charge is 2.20. The van der Waals surface area contributed by atoms with Gasteiger partial charge >= 0.3 is 0 Å². The van der Waals surface area contributed by atoms with Crippen LogP contribution in [0.5, 0.6) is 0 Å². The summed E-state index contributed by atoms with van der Waals surface area (Å²) in [5, 5.41) is 0.199. The van der Waals surface area contributed by atoms with Gasteiger partial charge in [-0.2, -0.15) is 0 Å². The standard InChI is InChI=1S/C10H15ClN2O2S/c1-10(2,12)7-13-16(14,15)9-6-4-3-5-8(9)11/h3-6,13H,7,12H2,1-2H3. The summed E-state index contributed by atoms with van der Waals surface area (Å²) < 4.78 is 26.1. The lowest BCUT2D eigenvalue weighted by molar-refractivity contribution is 0.498. The molecule has 0 amide bonds. The van der Waals surface area contributed by atoms with Crippen molar-refractivity contribution in [3.05, 3.63) is 29.3 Å². The molecule has 0 heterocycles. The van der Waals surface area contributed by atoms with Crippen LogP contribution in [0.15, 0.2) is 29.2 Å².